The monoisotopic (exact) mass is 308 g/mol. The van der Waals surface area contributed by atoms with E-state index in [1.807, 2.05) is 0 Å². The Bertz CT molecular complexity index is 727. The lowest BCUT2D eigenvalue weighted by Crippen LogP contribution is -2.15. The number of aliphatic hydroxyl groups is 1. The fraction of sp³-hybridized carbons (Fsp3) is 0.214. The number of ether oxygens (including phenoxy) is 1. The van der Waals surface area contributed by atoms with Crippen LogP contribution in [0, 0.1) is 6.92 Å². The Morgan fingerprint density at radius 2 is 2.05 bits per heavy atom. The average Bonchev–Trinajstić information content (AvgIpc) is 2.49. The zero-order valence-electron chi connectivity index (χ0n) is 11.7. The van der Waals surface area contributed by atoms with Crippen LogP contribution in [0.4, 0.5) is 5.69 Å². The first-order valence-electron chi connectivity index (χ1n) is 6.19. The quantitative estimate of drug-likeness (QED) is 0.877. The van der Waals surface area contributed by atoms with Crippen molar-refractivity contribution in [2.75, 3.05) is 11.8 Å². The highest BCUT2D eigenvalue weighted by atomic mass is 32.2. The minimum absolute atomic E-state index is 0.102. The minimum Gasteiger partial charge on any atom is -0.497 e. The van der Waals surface area contributed by atoms with E-state index in [9.17, 15) is 8.42 Å². The number of pyridine rings is 1. The summed E-state index contributed by atoms with van der Waals surface area (Å²) in [4.78, 5) is 3.85. The van der Waals surface area contributed by atoms with E-state index in [0.29, 0.717) is 17.0 Å². The van der Waals surface area contributed by atoms with Crippen molar-refractivity contribution in [3.05, 3.63) is 47.7 Å². The van der Waals surface area contributed by atoms with Gasteiger partial charge >= 0.3 is 0 Å². The molecule has 2 aromatic rings. The van der Waals surface area contributed by atoms with Gasteiger partial charge in [0, 0.05) is 6.20 Å². The summed E-state index contributed by atoms with van der Waals surface area (Å²) in [7, 11) is -2.22. The molecule has 0 atom stereocenters. The highest BCUT2D eigenvalue weighted by Crippen LogP contribution is 2.23. The predicted molar refractivity (Wildman–Crippen MR) is 78.7 cm³/mol. The number of methoxy groups -OCH3 is 1. The van der Waals surface area contributed by atoms with Crippen LogP contribution in [-0.2, 0) is 16.6 Å². The molecule has 2 rings (SSSR count). The summed E-state index contributed by atoms with van der Waals surface area (Å²) in [6, 6.07) is 7.91. The van der Waals surface area contributed by atoms with Gasteiger partial charge in [-0.1, -0.05) is 6.07 Å². The minimum atomic E-state index is -3.76. The second-order valence-electron chi connectivity index (χ2n) is 4.45. The molecule has 7 heteroatoms. The summed E-state index contributed by atoms with van der Waals surface area (Å²) in [5, 5.41) is 8.83. The van der Waals surface area contributed by atoms with E-state index in [0.717, 1.165) is 5.56 Å². The number of benzene rings is 1. The number of sulfonamides is 1. The van der Waals surface area contributed by atoms with Crippen LogP contribution in [0.1, 0.15) is 11.1 Å². The fourth-order valence-electron chi connectivity index (χ4n) is 1.74. The lowest BCUT2D eigenvalue weighted by atomic mass is 10.2. The van der Waals surface area contributed by atoms with E-state index in [1.54, 1.807) is 32.2 Å². The first-order valence-corrected chi connectivity index (χ1v) is 7.68. The Hall–Kier alpha value is -2.12. The van der Waals surface area contributed by atoms with Gasteiger partial charge in [-0.05, 0) is 42.3 Å². The molecule has 0 amide bonds. The van der Waals surface area contributed by atoms with Crippen LogP contribution >= 0.6 is 0 Å². The summed E-state index contributed by atoms with van der Waals surface area (Å²) in [6.45, 7) is 1.60. The molecule has 1 heterocycles. The SMILES string of the molecule is COc1ccc(NS(=O)(=O)c2ccc(CO)cn2)c(C)c1. The third-order valence-corrected chi connectivity index (χ3v) is 4.21. The second kappa shape index (κ2) is 6.11. The zero-order valence-corrected chi connectivity index (χ0v) is 12.5. The van der Waals surface area contributed by atoms with Crippen LogP contribution in [0.5, 0.6) is 5.75 Å². The van der Waals surface area contributed by atoms with Crippen LogP contribution in [0.15, 0.2) is 41.6 Å². The van der Waals surface area contributed by atoms with Crippen LogP contribution in [0.25, 0.3) is 0 Å². The maximum atomic E-state index is 12.2. The van der Waals surface area contributed by atoms with Crippen molar-refractivity contribution in [1.29, 1.82) is 0 Å². The Kier molecular flexibility index (Phi) is 4.44. The summed E-state index contributed by atoms with van der Waals surface area (Å²) in [6.07, 6.45) is 1.33. The van der Waals surface area contributed by atoms with E-state index >= 15 is 0 Å². The number of anilines is 1. The number of nitrogens with one attached hydrogen (secondary N) is 1. The molecule has 0 aliphatic heterocycles. The van der Waals surface area contributed by atoms with E-state index in [1.165, 1.54) is 18.3 Å². The summed E-state index contributed by atoms with van der Waals surface area (Å²) in [5.74, 6) is 0.654. The summed E-state index contributed by atoms with van der Waals surface area (Å²) >= 11 is 0. The molecule has 0 spiro atoms. The van der Waals surface area contributed by atoms with Gasteiger partial charge in [0.2, 0.25) is 0 Å². The smallest absolute Gasteiger partial charge is 0.279 e. The van der Waals surface area contributed by atoms with Gasteiger partial charge in [-0.25, -0.2) is 4.98 Å². The van der Waals surface area contributed by atoms with E-state index < -0.39 is 10.0 Å². The number of nitrogens with zero attached hydrogens (tertiary/aromatic N) is 1. The first kappa shape index (κ1) is 15.3. The standard InChI is InChI=1S/C14H16N2O4S/c1-10-7-12(20-2)4-5-13(10)16-21(18,19)14-6-3-11(9-17)8-15-14/h3-8,16-17H,9H2,1-2H3. The van der Waals surface area contributed by atoms with E-state index in [2.05, 4.69) is 9.71 Å². The number of aliphatic hydroxyl groups excluding tert-OH is 1. The van der Waals surface area contributed by atoms with Gasteiger partial charge in [0.1, 0.15) is 5.75 Å². The average molecular weight is 308 g/mol. The van der Waals surface area contributed by atoms with Crippen molar-refractivity contribution >= 4 is 15.7 Å². The largest absolute Gasteiger partial charge is 0.497 e. The zero-order chi connectivity index (χ0) is 15.5. The van der Waals surface area contributed by atoms with Gasteiger partial charge in [0.15, 0.2) is 5.03 Å². The Labute approximate surface area is 123 Å². The molecule has 6 nitrogen and oxygen atoms in total. The van der Waals surface area contributed by atoms with Crippen LogP contribution in [0.2, 0.25) is 0 Å². The molecular formula is C14H16N2O4S. The second-order valence-corrected chi connectivity index (χ2v) is 6.08. The maximum Gasteiger partial charge on any atom is 0.279 e. The number of hydrogen-bond donors (Lipinski definition) is 2. The topological polar surface area (TPSA) is 88.5 Å². The van der Waals surface area contributed by atoms with Crippen molar-refractivity contribution in [3.63, 3.8) is 0 Å². The molecule has 0 radical (unpaired) electrons. The number of rotatable bonds is 5. The Balaban J connectivity index is 2.28. The number of aryl methyl sites for hydroxylation is 1. The number of hydrogen-bond acceptors (Lipinski definition) is 5. The summed E-state index contributed by atoms with van der Waals surface area (Å²) in [5.41, 5.74) is 1.75. The molecule has 0 bridgehead atoms. The van der Waals surface area contributed by atoms with Crippen molar-refractivity contribution in [2.24, 2.45) is 0 Å². The Morgan fingerprint density at radius 1 is 1.29 bits per heavy atom. The summed E-state index contributed by atoms with van der Waals surface area (Å²) < 4.78 is 32.0. The molecule has 2 N–H and O–H groups in total. The molecule has 112 valence electrons. The fourth-order valence-corrected chi connectivity index (χ4v) is 2.80. The highest BCUT2D eigenvalue weighted by Gasteiger charge is 2.16. The molecule has 0 aliphatic rings. The molecule has 21 heavy (non-hydrogen) atoms. The molecule has 1 aromatic carbocycles. The van der Waals surface area contributed by atoms with Crippen LogP contribution in [-0.4, -0.2) is 25.6 Å². The van der Waals surface area contributed by atoms with Gasteiger partial charge in [-0.2, -0.15) is 8.42 Å². The normalized spacial score (nSPS) is 11.2. The molecule has 1 aromatic heterocycles. The van der Waals surface area contributed by atoms with Crippen molar-refractivity contribution in [3.8, 4) is 5.75 Å². The molecule has 0 saturated carbocycles. The number of aromatic nitrogens is 1. The lowest BCUT2D eigenvalue weighted by molar-refractivity contribution is 0.281. The molecule has 0 unspecified atom stereocenters. The van der Waals surface area contributed by atoms with Crippen molar-refractivity contribution in [2.45, 2.75) is 18.6 Å². The lowest BCUT2D eigenvalue weighted by Gasteiger charge is -2.11. The predicted octanol–water partition coefficient (Wildman–Crippen LogP) is 1.69. The van der Waals surface area contributed by atoms with Gasteiger partial charge in [0.25, 0.3) is 10.0 Å². The van der Waals surface area contributed by atoms with E-state index in [4.69, 9.17) is 9.84 Å². The van der Waals surface area contributed by atoms with Gasteiger partial charge in [0.05, 0.1) is 19.4 Å². The molecule has 0 fully saturated rings. The molecular weight excluding hydrogens is 292 g/mol. The molecule has 0 saturated heterocycles. The third kappa shape index (κ3) is 3.50. The van der Waals surface area contributed by atoms with Gasteiger partial charge in [-0.15, -0.1) is 0 Å². The highest BCUT2D eigenvalue weighted by molar-refractivity contribution is 7.92. The third-order valence-electron chi connectivity index (χ3n) is 2.93. The molecule has 0 aliphatic carbocycles. The van der Waals surface area contributed by atoms with Gasteiger partial charge < -0.3 is 9.84 Å². The van der Waals surface area contributed by atoms with Crippen LogP contribution in [0.3, 0.4) is 0 Å². The maximum absolute atomic E-state index is 12.2. The van der Waals surface area contributed by atoms with Crippen molar-refractivity contribution in [1.82, 2.24) is 4.98 Å². The Morgan fingerprint density at radius 3 is 2.57 bits per heavy atom. The first-order chi connectivity index (χ1) is 9.96. The van der Waals surface area contributed by atoms with E-state index in [-0.39, 0.29) is 11.6 Å². The van der Waals surface area contributed by atoms with Crippen molar-refractivity contribution < 1.29 is 18.3 Å². The van der Waals surface area contributed by atoms with Gasteiger partial charge in [-0.3, -0.25) is 4.72 Å². The van der Waals surface area contributed by atoms with Crippen LogP contribution < -0.4 is 9.46 Å².